The first-order valence-electron chi connectivity index (χ1n) is 8.89. The fourth-order valence-electron chi connectivity index (χ4n) is 3.20. The van der Waals surface area contributed by atoms with Crippen molar-refractivity contribution in [3.05, 3.63) is 36.3 Å². The highest BCUT2D eigenvalue weighted by molar-refractivity contribution is 14.0. The summed E-state index contributed by atoms with van der Waals surface area (Å²) in [5.41, 5.74) is 1.13. The van der Waals surface area contributed by atoms with Gasteiger partial charge in [-0.15, -0.1) is 24.0 Å². The van der Waals surface area contributed by atoms with Gasteiger partial charge in [0.2, 0.25) is 5.95 Å². The smallest absolute Gasteiger partial charge is 0.204 e. The van der Waals surface area contributed by atoms with E-state index in [1.807, 2.05) is 57.6 Å². The largest absolute Gasteiger partial charge is 0.353 e. The molecule has 0 aromatic carbocycles. The van der Waals surface area contributed by atoms with Gasteiger partial charge in [0.1, 0.15) is 5.82 Å². The molecule has 2 aromatic heterocycles. The van der Waals surface area contributed by atoms with Crippen molar-refractivity contribution in [2.75, 3.05) is 57.1 Å². The van der Waals surface area contributed by atoms with Gasteiger partial charge in [0.25, 0.3) is 0 Å². The molecule has 3 rings (SSSR count). The van der Waals surface area contributed by atoms with Gasteiger partial charge in [-0.3, -0.25) is 4.99 Å². The van der Waals surface area contributed by atoms with Crippen molar-refractivity contribution in [2.24, 2.45) is 12.0 Å². The van der Waals surface area contributed by atoms with Crippen LogP contribution < -0.4 is 15.1 Å². The van der Waals surface area contributed by atoms with Gasteiger partial charge in [-0.25, -0.2) is 9.97 Å². The lowest BCUT2D eigenvalue weighted by Gasteiger charge is -2.37. The number of nitrogens with zero attached hydrogens (tertiary/aromatic N) is 7. The van der Waals surface area contributed by atoms with E-state index in [1.165, 1.54) is 0 Å². The van der Waals surface area contributed by atoms with Crippen molar-refractivity contribution in [2.45, 2.75) is 6.54 Å². The van der Waals surface area contributed by atoms with Crippen LogP contribution in [0.4, 0.5) is 11.8 Å². The number of guanidine groups is 1. The number of hydrogen-bond acceptors (Lipinski definition) is 5. The molecule has 1 aliphatic heterocycles. The Kier molecular flexibility index (Phi) is 7.69. The Bertz CT molecular complexity index is 735. The highest BCUT2D eigenvalue weighted by atomic mass is 127. The van der Waals surface area contributed by atoms with Crippen molar-refractivity contribution < 1.29 is 0 Å². The molecule has 0 bridgehead atoms. The van der Waals surface area contributed by atoms with Crippen LogP contribution in [0.25, 0.3) is 0 Å². The minimum Gasteiger partial charge on any atom is -0.353 e. The van der Waals surface area contributed by atoms with Crippen LogP contribution in [0.1, 0.15) is 5.69 Å². The predicted molar refractivity (Wildman–Crippen MR) is 121 cm³/mol. The molecular weight excluding hydrogens is 455 g/mol. The molecule has 0 radical (unpaired) electrons. The number of aromatic nitrogens is 3. The Morgan fingerprint density at radius 3 is 2.48 bits per heavy atom. The molecule has 1 fully saturated rings. The van der Waals surface area contributed by atoms with E-state index in [0.29, 0.717) is 6.54 Å². The van der Waals surface area contributed by atoms with E-state index >= 15 is 0 Å². The van der Waals surface area contributed by atoms with Gasteiger partial charge in [0, 0.05) is 60.6 Å². The standard InChI is InChI=1S/C18H28N8.HI/c1-19-17(21-13-15-14-22-18(23(2)3)24(15)4)26-11-9-25(10-12-26)16-7-5-6-8-20-16;/h5-8,14H,9-13H2,1-4H3,(H,19,21);1H. The third kappa shape index (κ3) is 5.02. The lowest BCUT2D eigenvalue weighted by molar-refractivity contribution is 0.371. The maximum atomic E-state index is 4.46. The van der Waals surface area contributed by atoms with E-state index in [0.717, 1.165) is 49.6 Å². The molecule has 9 heteroatoms. The number of piperazine rings is 1. The number of anilines is 2. The average molecular weight is 484 g/mol. The lowest BCUT2D eigenvalue weighted by atomic mass is 10.3. The van der Waals surface area contributed by atoms with Crippen molar-refractivity contribution in [3.8, 4) is 0 Å². The Labute approximate surface area is 178 Å². The number of aliphatic imine (C=N–C) groups is 1. The molecule has 3 heterocycles. The Hall–Kier alpha value is -2.04. The minimum atomic E-state index is 0. The van der Waals surface area contributed by atoms with Gasteiger partial charge >= 0.3 is 0 Å². The van der Waals surface area contributed by atoms with E-state index in [9.17, 15) is 0 Å². The molecule has 0 unspecified atom stereocenters. The second-order valence-corrected chi connectivity index (χ2v) is 6.57. The number of hydrogen-bond donors (Lipinski definition) is 1. The molecule has 1 saturated heterocycles. The van der Waals surface area contributed by atoms with Crippen LogP contribution >= 0.6 is 24.0 Å². The predicted octanol–water partition coefficient (Wildman–Crippen LogP) is 1.40. The van der Waals surface area contributed by atoms with Crippen LogP contribution in [0.15, 0.2) is 35.6 Å². The second-order valence-electron chi connectivity index (χ2n) is 6.57. The van der Waals surface area contributed by atoms with Crippen molar-refractivity contribution in [1.82, 2.24) is 24.8 Å². The summed E-state index contributed by atoms with van der Waals surface area (Å²) in [7, 11) is 7.87. The average Bonchev–Trinajstić information content (AvgIpc) is 3.04. The van der Waals surface area contributed by atoms with E-state index < -0.39 is 0 Å². The summed E-state index contributed by atoms with van der Waals surface area (Å²) in [5, 5.41) is 3.47. The normalized spacial score (nSPS) is 14.7. The van der Waals surface area contributed by atoms with Gasteiger partial charge in [-0.2, -0.15) is 0 Å². The fraction of sp³-hybridized carbons (Fsp3) is 0.500. The quantitative estimate of drug-likeness (QED) is 0.402. The van der Waals surface area contributed by atoms with Gasteiger partial charge in [0.15, 0.2) is 5.96 Å². The summed E-state index contributed by atoms with van der Waals surface area (Å²) in [6.45, 7) is 4.42. The van der Waals surface area contributed by atoms with E-state index in [4.69, 9.17) is 0 Å². The van der Waals surface area contributed by atoms with Gasteiger partial charge in [-0.1, -0.05) is 6.07 Å². The highest BCUT2D eigenvalue weighted by Gasteiger charge is 2.20. The van der Waals surface area contributed by atoms with E-state index in [2.05, 4.69) is 40.7 Å². The van der Waals surface area contributed by atoms with Crippen molar-refractivity contribution >= 4 is 41.7 Å². The number of halogens is 1. The Morgan fingerprint density at radius 2 is 1.93 bits per heavy atom. The second kappa shape index (κ2) is 9.77. The summed E-state index contributed by atoms with van der Waals surface area (Å²) in [5.74, 6) is 2.92. The maximum absolute atomic E-state index is 4.46. The van der Waals surface area contributed by atoms with Crippen LogP contribution in [0.2, 0.25) is 0 Å². The molecule has 0 saturated carbocycles. The molecule has 2 aromatic rings. The van der Waals surface area contributed by atoms with Gasteiger partial charge in [0.05, 0.1) is 18.4 Å². The van der Waals surface area contributed by atoms with Gasteiger partial charge < -0.3 is 24.6 Å². The number of rotatable bonds is 4. The third-order valence-corrected chi connectivity index (χ3v) is 4.65. The van der Waals surface area contributed by atoms with E-state index in [1.54, 1.807) is 0 Å². The van der Waals surface area contributed by atoms with Crippen LogP contribution in [-0.4, -0.2) is 72.7 Å². The van der Waals surface area contributed by atoms with Crippen molar-refractivity contribution in [1.29, 1.82) is 0 Å². The first-order chi connectivity index (χ1) is 12.6. The molecule has 0 aliphatic carbocycles. The van der Waals surface area contributed by atoms with E-state index in [-0.39, 0.29) is 24.0 Å². The maximum Gasteiger partial charge on any atom is 0.204 e. The minimum absolute atomic E-state index is 0. The fourth-order valence-corrected chi connectivity index (χ4v) is 3.20. The number of pyridine rings is 1. The zero-order valence-electron chi connectivity index (χ0n) is 16.5. The molecule has 27 heavy (non-hydrogen) atoms. The summed E-state index contributed by atoms with van der Waals surface area (Å²) in [6, 6.07) is 6.05. The number of nitrogens with one attached hydrogen (secondary N) is 1. The lowest BCUT2D eigenvalue weighted by Crippen LogP contribution is -2.52. The molecule has 1 aliphatic rings. The summed E-state index contributed by atoms with van der Waals surface area (Å²) < 4.78 is 2.10. The van der Waals surface area contributed by atoms with Crippen molar-refractivity contribution in [3.63, 3.8) is 0 Å². The Morgan fingerprint density at radius 1 is 1.19 bits per heavy atom. The molecule has 1 N–H and O–H groups in total. The summed E-state index contributed by atoms with van der Waals surface area (Å²) >= 11 is 0. The zero-order chi connectivity index (χ0) is 18.5. The molecule has 8 nitrogen and oxygen atoms in total. The first-order valence-corrected chi connectivity index (χ1v) is 8.89. The molecule has 148 valence electrons. The van der Waals surface area contributed by atoms with Gasteiger partial charge in [-0.05, 0) is 12.1 Å². The van der Waals surface area contributed by atoms with Crippen LogP contribution in [-0.2, 0) is 13.6 Å². The summed E-state index contributed by atoms with van der Waals surface area (Å²) in [6.07, 6.45) is 3.76. The molecule has 0 atom stereocenters. The van der Waals surface area contributed by atoms with Crippen LogP contribution in [0, 0.1) is 0 Å². The molecular formula is C18H29IN8. The summed E-state index contributed by atoms with van der Waals surface area (Å²) in [4.78, 5) is 20.0. The molecule has 0 amide bonds. The third-order valence-electron chi connectivity index (χ3n) is 4.65. The highest BCUT2D eigenvalue weighted by Crippen LogP contribution is 2.13. The Balaban J connectivity index is 0.00000261. The zero-order valence-corrected chi connectivity index (χ0v) is 18.8. The first kappa shape index (κ1) is 21.3. The number of imidazole rings is 1. The topological polar surface area (TPSA) is 64.8 Å². The van der Waals surface area contributed by atoms with Crippen LogP contribution in [0.3, 0.4) is 0 Å². The molecule has 0 spiro atoms. The monoisotopic (exact) mass is 484 g/mol. The SMILES string of the molecule is CN=C(NCc1cnc(N(C)C)n1C)N1CCN(c2ccccn2)CC1.I. The van der Waals surface area contributed by atoms with Crippen LogP contribution in [0.5, 0.6) is 0 Å².